The summed E-state index contributed by atoms with van der Waals surface area (Å²) in [5.74, 6) is 1.02. The van der Waals surface area contributed by atoms with Crippen molar-refractivity contribution in [3.63, 3.8) is 0 Å². The van der Waals surface area contributed by atoms with E-state index in [0.29, 0.717) is 6.61 Å². The zero-order valence-electron chi connectivity index (χ0n) is 11.8. The molecule has 1 aromatic carbocycles. The molecular weight excluding hydrogens is 226 g/mol. The Morgan fingerprint density at radius 1 is 1.06 bits per heavy atom. The third-order valence-electron chi connectivity index (χ3n) is 2.76. The lowest BCUT2D eigenvalue weighted by atomic mass is 10.1. The topological polar surface area (TPSA) is 30.5 Å². The van der Waals surface area contributed by atoms with Gasteiger partial charge in [0.05, 0.1) is 13.2 Å². The second kappa shape index (κ2) is 8.95. The average molecular weight is 251 g/mol. The van der Waals surface area contributed by atoms with Gasteiger partial charge in [0.15, 0.2) is 0 Å². The van der Waals surface area contributed by atoms with Gasteiger partial charge >= 0.3 is 0 Å². The predicted molar refractivity (Wildman–Crippen MR) is 75.4 cm³/mol. The Kier molecular flexibility index (Phi) is 7.46. The fourth-order valence-electron chi connectivity index (χ4n) is 1.79. The first-order chi connectivity index (χ1) is 8.75. The molecule has 0 aromatic heterocycles. The van der Waals surface area contributed by atoms with Crippen LogP contribution in [0.1, 0.15) is 24.5 Å². The van der Waals surface area contributed by atoms with E-state index in [9.17, 15) is 0 Å². The van der Waals surface area contributed by atoms with Gasteiger partial charge in [0.25, 0.3) is 0 Å². The summed E-state index contributed by atoms with van der Waals surface area (Å²) in [4.78, 5) is 0. The third-order valence-corrected chi connectivity index (χ3v) is 2.76. The third kappa shape index (κ3) is 5.52. The van der Waals surface area contributed by atoms with Gasteiger partial charge in [-0.2, -0.15) is 0 Å². The Morgan fingerprint density at radius 2 is 1.78 bits per heavy atom. The maximum atomic E-state index is 5.80. The summed E-state index contributed by atoms with van der Waals surface area (Å²) < 4.78 is 11.3. The second-order valence-electron chi connectivity index (χ2n) is 4.39. The van der Waals surface area contributed by atoms with Crippen LogP contribution in [0.15, 0.2) is 18.2 Å². The monoisotopic (exact) mass is 251 g/mol. The molecule has 0 aliphatic rings. The van der Waals surface area contributed by atoms with Crippen LogP contribution < -0.4 is 10.1 Å². The van der Waals surface area contributed by atoms with E-state index in [2.05, 4.69) is 44.3 Å². The number of benzene rings is 1. The van der Waals surface area contributed by atoms with E-state index >= 15 is 0 Å². The molecule has 18 heavy (non-hydrogen) atoms. The van der Waals surface area contributed by atoms with E-state index in [1.165, 1.54) is 11.1 Å². The van der Waals surface area contributed by atoms with Gasteiger partial charge in [0.2, 0.25) is 0 Å². The van der Waals surface area contributed by atoms with Crippen molar-refractivity contribution in [3.8, 4) is 5.75 Å². The molecule has 1 rings (SSSR count). The number of para-hydroxylation sites is 1. The van der Waals surface area contributed by atoms with Gasteiger partial charge in [0, 0.05) is 19.6 Å². The van der Waals surface area contributed by atoms with Crippen molar-refractivity contribution >= 4 is 0 Å². The van der Waals surface area contributed by atoms with Crippen LogP contribution in [-0.2, 0) is 4.74 Å². The lowest BCUT2D eigenvalue weighted by Gasteiger charge is -2.11. The van der Waals surface area contributed by atoms with Crippen molar-refractivity contribution in [1.29, 1.82) is 0 Å². The van der Waals surface area contributed by atoms with E-state index in [4.69, 9.17) is 9.47 Å². The summed E-state index contributed by atoms with van der Waals surface area (Å²) in [5.41, 5.74) is 2.39. The van der Waals surface area contributed by atoms with Gasteiger partial charge in [-0.25, -0.2) is 0 Å². The molecule has 0 atom stereocenters. The first kappa shape index (κ1) is 15.0. The highest BCUT2D eigenvalue weighted by atomic mass is 16.5. The number of hydrogen-bond acceptors (Lipinski definition) is 3. The largest absolute Gasteiger partial charge is 0.493 e. The quantitative estimate of drug-likeness (QED) is 0.685. The maximum Gasteiger partial charge on any atom is 0.125 e. The van der Waals surface area contributed by atoms with Gasteiger partial charge < -0.3 is 14.8 Å². The van der Waals surface area contributed by atoms with Gasteiger partial charge in [-0.1, -0.05) is 25.1 Å². The summed E-state index contributed by atoms with van der Waals surface area (Å²) in [6, 6.07) is 6.21. The smallest absolute Gasteiger partial charge is 0.125 e. The summed E-state index contributed by atoms with van der Waals surface area (Å²) in [6.45, 7) is 10.4. The van der Waals surface area contributed by atoms with Crippen molar-refractivity contribution < 1.29 is 9.47 Å². The molecule has 0 saturated heterocycles. The van der Waals surface area contributed by atoms with Crippen LogP contribution >= 0.6 is 0 Å². The van der Waals surface area contributed by atoms with Crippen LogP contribution in [0.25, 0.3) is 0 Å². The Hall–Kier alpha value is -1.06. The minimum Gasteiger partial charge on any atom is -0.493 e. The van der Waals surface area contributed by atoms with Crippen LogP contribution in [0.3, 0.4) is 0 Å². The molecule has 0 aliphatic heterocycles. The van der Waals surface area contributed by atoms with Crippen LogP contribution in [0.4, 0.5) is 0 Å². The van der Waals surface area contributed by atoms with Gasteiger partial charge in [0.1, 0.15) is 5.75 Å². The number of ether oxygens (including phenoxy) is 2. The lowest BCUT2D eigenvalue weighted by Crippen LogP contribution is -2.19. The molecule has 3 heteroatoms. The molecule has 0 spiro atoms. The molecule has 0 saturated carbocycles. The first-order valence-electron chi connectivity index (χ1n) is 6.73. The Labute approximate surface area is 110 Å². The number of likely N-dealkylation sites (N-methyl/N-ethyl adjacent to an activating group) is 1. The van der Waals surface area contributed by atoms with E-state index < -0.39 is 0 Å². The Bertz CT molecular complexity index is 319. The van der Waals surface area contributed by atoms with Crippen molar-refractivity contribution in [3.05, 3.63) is 29.3 Å². The zero-order valence-corrected chi connectivity index (χ0v) is 11.8. The average Bonchev–Trinajstić information content (AvgIpc) is 2.35. The van der Waals surface area contributed by atoms with Gasteiger partial charge in [-0.05, 0) is 31.5 Å². The molecule has 102 valence electrons. The molecule has 0 fully saturated rings. The summed E-state index contributed by atoms with van der Waals surface area (Å²) in [5, 5.41) is 3.22. The van der Waals surface area contributed by atoms with Gasteiger partial charge in [-0.3, -0.25) is 0 Å². The molecule has 0 unspecified atom stereocenters. The molecule has 0 heterocycles. The molecule has 1 N–H and O–H groups in total. The molecular formula is C15H25NO2. The number of aryl methyl sites for hydroxylation is 2. The van der Waals surface area contributed by atoms with Crippen LogP contribution in [0.5, 0.6) is 5.75 Å². The minimum absolute atomic E-state index is 0.715. The first-order valence-corrected chi connectivity index (χ1v) is 6.73. The fourth-order valence-corrected chi connectivity index (χ4v) is 1.79. The predicted octanol–water partition coefficient (Wildman–Crippen LogP) is 2.70. The van der Waals surface area contributed by atoms with Crippen LogP contribution in [0.2, 0.25) is 0 Å². The molecule has 3 nitrogen and oxygen atoms in total. The van der Waals surface area contributed by atoms with E-state index in [-0.39, 0.29) is 0 Å². The Balaban J connectivity index is 2.11. The van der Waals surface area contributed by atoms with Crippen LogP contribution in [-0.4, -0.2) is 32.9 Å². The number of nitrogens with one attached hydrogen (secondary N) is 1. The highest BCUT2D eigenvalue weighted by molar-refractivity contribution is 5.39. The van der Waals surface area contributed by atoms with Crippen molar-refractivity contribution in [2.45, 2.75) is 27.2 Å². The molecule has 0 aliphatic carbocycles. The van der Waals surface area contributed by atoms with E-state index in [0.717, 1.165) is 38.5 Å². The van der Waals surface area contributed by atoms with E-state index in [1.54, 1.807) is 0 Å². The highest BCUT2D eigenvalue weighted by Gasteiger charge is 2.02. The van der Waals surface area contributed by atoms with E-state index in [1.807, 2.05) is 0 Å². The standard InChI is InChI=1S/C15H25NO2/c1-4-16-9-12-17-10-6-11-18-15-13(2)7-5-8-14(15)3/h5,7-8,16H,4,6,9-12H2,1-3H3. The van der Waals surface area contributed by atoms with Crippen molar-refractivity contribution in [2.75, 3.05) is 32.9 Å². The summed E-state index contributed by atoms with van der Waals surface area (Å²) >= 11 is 0. The highest BCUT2D eigenvalue weighted by Crippen LogP contribution is 2.22. The maximum absolute atomic E-state index is 5.80. The minimum atomic E-state index is 0.715. The molecule has 0 amide bonds. The van der Waals surface area contributed by atoms with Gasteiger partial charge in [-0.15, -0.1) is 0 Å². The van der Waals surface area contributed by atoms with Crippen molar-refractivity contribution in [1.82, 2.24) is 5.32 Å². The number of rotatable bonds is 9. The SMILES string of the molecule is CCNCCOCCCOc1c(C)cccc1C. The number of hydrogen-bond donors (Lipinski definition) is 1. The van der Waals surface area contributed by atoms with Crippen LogP contribution in [0, 0.1) is 13.8 Å². The summed E-state index contributed by atoms with van der Waals surface area (Å²) in [6.07, 6.45) is 0.930. The Morgan fingerprint density at radius 3 is 2.44 bits per heavy atom. The molecule has 0 radical (unpaired) electrons. The summed E-state index contributed by atoms with van der Waals surface area (Å²) in [7, 11) is 0. The fraction of sp³-hybridized carbons (Fsp3) is 0.600. The normalized spacial score (nSPS) is 10.6. The van der Waals surface area contributed by atoms with Crippen molar-refractivity contribution in [2.24, 2.45) is 0 Å². The molecule has 1 aromatic rings. The second-order valence-corrected chi connectivity index (χ2v) is 4.39. The molecule has 0 bridgehead atoms. The zero-order chi connectivity index (χ0) is 13.2. The lowest BCUT2D eigenvalue weighted by molar-refractivity contribution is 0.121.